The lowest BCUT2D eigenvalue weighted by Crippen LogP contribution is -2.21. The van der Waals surface area contributed by atoms with Crippen LogP contribution in [0.2, 0.25) is 12.6 Å². The van der Waals surface area contributed by atoms with E-state index in [2.05, 4.69) is 29.7 Å². The second kappa shape index (κ2) is 5.86. The maximum Gasteiger partial charge on any atom is 0.267 e. The molecule has 3 heteroatoms. The molecule has 0 atom stereocenters. The minimum atomic E-state index is 0.292. The predicted octanol–water partition coefficient (Wildman–Crippen LogP) is 3.62. The van der Waals surface area contributed by atoms with Crippen molar-refractivity contribution in [2.24, 2.45) is 5.92 Å². The quantitative estimate of drug-likeness (QED) is 0.754. The third-order valence-electron chi connectivity index (χ3n) is 3.84. The summed E-state index contributed by atoms with van der Waals surface area (Å²) in [6.45, 7) is 6.21. The van der Waals surface area contributed by atoms with Gasteiger partial charge in [0.15, 0.2) is 0 Å². The van der Waals surface area contributed by atoms with Gasteiger partial charge < -0.3 is 0 Å². The monoisotopic (exact) mass is 238 g/mol. The number of pyridine rings is 1. The van der Waals surface area contributed by atoms with Gasteiger partial charge in [-0.15, -0.1) is 0 Å². The molecule has 2 rings (SSSR count). The summed E-state index contributed by atoms with van der Waals surface area (Å²) in [5.74, 6) is 3.09. The molecular weight excluding hydrogens is 219 g/mol. The first-order valence-electron chi connectivity index (χ1n) is 6.69. The van der Waals surface area contributed by atoms with Crippen molar-refractivity contribution in [3.05, 3.63) is 36.2 Å². The largest absolute Gasteiger partial charge is 0.267 e. The van der Waals surface area contributed by atoms with Gasteiger partial charge in [-0.3, -0.25) is 4.98 Å². The van der Waals surface area contributed by atoms with Gasteiger partial charge in [0.25, 0.3) is 6.71 Å². The Labute approximate surface area is 110 Å². The molecule has 1 aromatic rings. The summed E-state index contributed by atoms with van der Waals surface area (Å²) in [5, 5.41) is 8.88. The van der Waals surface area contributed by atoms with Crippen LogP contribution in [-0.2, 0) is 6.42 Å². The zero-order valence-corrected chi connectivity index (χ0v) is 11.0. The highest BCUT2D eigenvalue weighted by atomic mass is 14.7. The van der Waals surface area contributed by atoms with Gasteiger partial charge in [-0.1, -0.05) is 38.1 Å². The summed E-state index contributed by atoms with van der Waals surface area (Å²) in [4.78, 5) is 4.51. The van der Waals surface area contributed by atoms with Gasteiger partial charge in [-0.2, -0.15) is 0 Å². The van der Waals surface area contributed by atoms with Crippen LogP contribution < -0.4 is 0 Å². The fraction of sp³-hybridized carbons (Fsp3) is 0.467. The summed E-state index contributed by atoms with van der Waals surface area (Å²) in [6.07, 6.45) is 7.42. The van der Waals surface area contributed by atoms with E-state index in [0.717, 1.165) is 30.2 Å². The average Bonchev–Trinajstić information content (AvgIpc) is 2.40. The Balaban J connectivity index is 1.90. The second-order valence-corrected chi connectivity index (χ2v) is 5.37. The molecule has 0 spiro atoms. The Bertz CT molecular complexity index is 450. The Morgan fingerprint density at radius 1 is 1.50 bits per heavy atom. The minimum absolute atomic E-state index is 0.292. The molecule has 1 fully saturated rings. The first-order chi connectivity index (χ1) is 8.69. The van der Waals surface area contributed by atoms with Crippen LogP contribution in [0.4, 0.5) is 0 Å². The Morgan fingerprint density at radius 3 is 2.72 bits per heavy atom. The van der Waals surface area contributed by atoms with Crippen LogP contribution in [0.1, 0.15) is 31.0 Å². The molecule has 0 bridgehead atoms. The van der Waals surface area contributed by atoms with Gasteiger partial charge >= 0.3 is 0 Å². The number of hydrogen-bond acceptors (Lipinski definition) is 2. The third-order valence-corrected chi connectivity index (χ3v) is 3.84. The van der Waals surface area contributed by atoms with Crippen LogP contribution in [0.5, 0.6) is 0 Å². The minimum Gasteiger partial charge on any atom is -0.261 e. The topological polar surface area (TPSA) is 36.7 Å². The zero-order valence-electron chi connectivity index (χ0n) is 11.0. The fourth-order valence-corrected chi connectivity index (χ4v) is 2.59. The molecule has 92 valence electrons. The van der Waals surface area contributed by atoms with Crippen LogP contribution in [0.25, 0.3) is 5.57 Å². The number of rotatable bonds is 3. The Morgan fingerprint density at radius 2 is 2.22 bits per heavy atom. The van der Waals surface area contributed by atoms with Crippen molar-refractivity contribution >= 4 is 12.3 Å². The average molecular weight is 238 g/mol. The summed E-state index contributed by atoms with van der Waals surface area (Å²) in [5.41, 5.74) is 3.34. The van der Waals surface area contributed by atoms with Crippen molar-refractivity contribution in [1.29, 1.82) is 5.26 Å². The van der Waals surface area contributed by atoms with E-state index < -0.39 is 0 Å². The molecule has 1 aliphatic rings. The Hall–Kier alpha value is -1.56. The molecule has 0 unspecified atom stereocenters. The molecule has 2 heterocycles. The van der Waals surface area contributed by atoms with Gasteiger partial charge in [0.05, 0.1) is 0 Å². The molecule has 0 amide bonds. The smallest absolute Gasteiger partial charge is 0.261 e. The Kier molecular flexibility index (Phi) is 4.20. The molecular formula is C15H19BN2. The normalized spacial score (nSPS) is 16.3. The van der Waals surface area contributed by atoms with Crippen LogP contribution in [0.3, 0.4) is 0 Å². The maximum absolute atomic E-state index is 8.88. The highest BCUT2D eigenvalue weighted by Crippen LogP contribution is 2.27. The first kappa shape index (κ1) is 12.9. The van der Waals surface area contributed by atoms with E-state index in [-0.39, 0.29) is 0 Å². The summed E-state index contributed by atoms with van der Waals surface area (Å²) >= 11 is 0. The highest BCUT2D eigenvalue weighted by molar-refractivity contribution is 6.67. The molecule has 0 aromatic carbocycles. The van der Waals surface area contributed by atoms with E-state index in [1.165, 1.54) is 18.5 Å². The molecule has 1 aliphatic heterocycles. The van der Waals surface area contributed by atoms with Crippen LogP contribution in [-0.4, -0.2) is 11.7 Å². The van der Waals surface area contributed by atoms with Crippen molar-refractivity contribution in [3.63, 3.8) is 0 Å². The maximum atomic E-state index is 8.88. The zero-order chi connectivity index (χ0) is 13.0. The molecule has 0 N–H and O–H groups in total. The van der Waals surface area contributed by atoms with Crippen LogP contribution in [0, 0.1) is 17.1 Å². The van der Waals surface area contributed by atoms with E-state index in [0.29, 0.717) is 12.6 Å². The number of nitriles is 1. The van der Waals surface area contributed by atoms with Crippen LogP contribution >= 0.6 is 0 Å². The van der Waals surface area contributed by atoms with E-state index in [4.69, 9.17) is 5.26 Å². The van der Waals surface area contributed by atoms with Crippen molar-refractivity contribution in [2.45, 2.75) is 38.8 Å². The summed E-state index contributed by atoms with van der Waals surface area (Å²) in [7, 11) is 0. The number of nitrogens with zero attached hydrogens (tertiary/aromatic N) is 2. The first-order valence-corrected chi connectivity index (χ1v) is 6.69. The van der Waals surface area contributed by atoms with E-state index in [1.807, 2.05) is 13.1 Å². The number of hydrogen-bond donors (Lipinski definition) is 0. The van der Waals surface area contributed by atoms with E-state index >= 15 is 0 Å². The molecule has 0 aliphatic carbocycles. The predicted molar refractivity (Wildman–Crippen MR) is 76.4 cm³/mol. The standard InChI is InChI=1S/C15H19BN2/c1-12(2)14-3-4-15(18-10-14)9-13-5-7-16(11-17)8-6-13/h3-4,10,13H,1,5-9H2,2H3. The second-order valence-electron chi connectivity index (χ2n) is 5.37. The van der Waals surface area contributed by atoms with Crippen LogP contribution in [0.15, 0.2) is 24.9 Å². The summed E-state index contributed by atoms with van der Waals surface area (Å²) < 4.78 is 0. The molecule has 1 saturated heterocycles. The highest BCUT2D eigenvalue weighted by Gasteiger charge is 2.24. The van der Waals surface area contributed by atoms with Crippen molar-refractivity contribution in [3.8, 4) is 5.97 Å². The van der Waals surface area contributed by atoms with Crippen molar-refractivity contribution in [1.82, 2.24) is 4.98 Å². The van der Waals surface area contributed by atoms with E-state index in [1.54, 1.807) is 0 Å². The molecule has 1 aromatic heterocycles. The SMILES string of the molecule is C=C(C)c1ccc(CC2CCB(C#N)CC2)nc1. The lowest BCUT2D eigenvalue weighted by atomic mass is 9.41. The molecule has 18 heavy (non-hydrogen) atoms. The lowest BCUT2D eigenvalue weighted by molar-refractivity contribution is 0.466. The van der Waals surface area contributed by atoms with Crippen molar-refractivity contribution in [2.75, 3.05) is 0 Å². The van der Waals surface area contributed by atoms with Gasteiger partial charge in [-0.25, -0.2) is 5.26 Å². The third kappa shape index (κ3) is 3.23. The van der Waals surface area contributed by atoms with Crippen molar-refractivity contribution < 1.29 is 0 Å². The lowest BCUT2D eigenvalue weighted by Gasteiger charge is -2.22. The molecule has 0 saturated carbocycles. The van der Waals surface area contributed by atoms with E-state index in [9.17, 15) is 0 Å². The van der Waals surface area contributed by atoms with Gasteiger partial charge in [0.2, 0.25) is 0 Å². The van der Waals surface area contributed by atoms with Gasteiger partial charge in [0.1, 0.15) is 0 Å². The van der Waals surface area contributed by atoms with Gasteiger partial charge in [0, 0.05) is 17.9 Å². The van der Waals surface area contributed by atoms with Gasteiger partial charge in [-0.05, 0) is 36.5 Å². The number of allylic oxidation sites excluding steroid dienone is 1. The number of aromatic nitrogens is 1. The molecule has 2 nitrogen and oxygen atoms in total. The summed E-state index contributed by atoms with van der Waals surface area (Å²) in [6, 6.07) is 4.21. The molecule has 0 radical (unpaired) electrons. The fourth-order valence-electron chi connectivity index (χ4n) is 2.59.